The molecule has 0 saturated carbocycles. The molecule has 2 aliphatic rings. The van der Waals surface area contributed by atoms with Crippen LogP contribution in [0.3, 0.4) is 0 Å². The number of morpholine rings is 1. The van der Waals surface area contributed by atoms with E-state index in [1.54, 1.807) is 4.90 Å². The molecule has 1 atom stereocenters. The Morgan fingerprint density at radius 3 is 2.83 bits per heavy atom. The van der Waals surface area contributed by atoms with Crippen molar-refractivity contribution in [2.75, 3.05) is 38.2 Å². The monoisotopic (exact) mass is 350 g/mol. The first-order chi connectivity index (χ1) is 11.6. The normalized spacial score (nSPS) is 20.1. The zero-order valence-electron chi connectivity index (χ0n) is 13.0. The number of amides is 2. The summed E-state index contributed by atoms with van der Waals surface area (Å²) in [4.78, 5) is 38.4. The minimum atomic E-state index is -0.552. The quantitative estimate of drug-likeness (QED) is 0.812. The highest BCUT2D eigenvalue weighted by Gasteiger charge is 2.29. The van der Waals surface area contributed by atoms with Gasteiger partial charge in [0, 0.05) is 18.0 Å². The number of hydrogen-bond donors (Lipinski definition) is 1. The summed E-state index contributed by atoms with van der Waals surface area (Å²) in [5.74, 6) is -1.02. The van der Waals surface area contributed by atoms with Crippen LogP contribution in [0.5, 0.6) is 0 Å². The van der Waals surface area contributed by atoms with Crippen LogP contribution in [-0.2, 0) is 23.9 Å². The zero-order valence-corrected chi connectivity index (χ0v) is 13.8. The molecule has 0 unspecified atom stereocenters. The van der Waals surface area contributed by atoms with Crippen LogP contribution in [0.15, 0.2) is 29.2 Å². The van der Waals surface area contributed by atoms with Crippen LogP contribution in [0.1, 0.15) is 6.42 Å². The second kappa shape index (κ2) is 7.67. The molecule has 0 aromatic heterocycles. The Labute approximate surface area is 143 Å². The van der Waals surface area contributed by atoms with Gasteiger partial charge in [0.15, 0.2) is 6.61 Å². The van der Waals surface area contributed by atoms with Crippen LogP contribution in [-0.4, -0.2) is 60.8 Å². The molecule has 8 heteroatoms. The molecular weight excluding hydrogens is 332 g/mol. The lowest BCUT2D eigenvalue weighted by Gasteiger charge is -2.26. The van der Waals surface area contributed by atoms with E-state index in [0.29, 0.717) is 26.3 Å². The van der Waals surface area contributed by atoms with Crippen molar-refractivity contribution in [3.63, 3.8) is 0 Å². The number of hydrogen-bond acceptors (Lipinski definition) is 6. The highest BCUT2D eigenvalue weighted by Crippen LogP contribution is 2.36. The molecule has 2 amide bonds. The lowest BCUT2D eigenvalue weighted by Crippen LogP contribution is -2.43. The summed E-state index contributed by atoms with van der Waals surface area (Å²) >= 11 is 1.33. The Morgan fingerprint density at radius 1 is 1.29 bits per heavy atom. The number of esters is 1. The van der Waals surface area contributed by atoms with Crippen molar-refractivity contribution < 1.29 is 23.9 Å². The van der Waals surface area contributed by atoms with Gasteiger partial charge >= 0.3 is 5.97 Å². The summed E-state index contributed by atoms with van der Waals surface area (Å²) < 4.78 is 10.2. The number of carbonyl (C=O) groups is 3. The summed E-state index contributed by atoms with van der Waals surface area (Å²) in [7, 11) is 0. The van der Waals surface area contributed by atoms with Crippen molar-refractivity contribution >= 4 is 35.2 Å². The molecule has 2 heterocycles. The third kappa shape index (κ3) is 4.07. The lowest BCUT2D eigenvalue weighted by molar-refractivity contribution is -0.153. The third-order valence-corrected chi connectivity index (χ3v) is 5.05. The standard InChI is InChI=1S/C16H18N2O5S/c19-14(18-5-7-22-8-6-18)10-23-15(20)9-13-16(21)17-11-3-1-2-4-12(11)24-13/h1-4,13H,5-10H2,(H,17,21)/t13-/m0/s1. The van der Waals surface area contributed by atoms with E-state index in [0.717, 1.165) is 10.6 Å². The molecule has 1 saturated heterocycles. The number of thioether (sulfide) groups is 1. The SMILES string of the molecule is O=C(C[C@@H]1Sc2ccccc2NC1=O)OCC(=O)N1CCOCC1. The summed E-state index contributed by atoms with van der Waals surface area (Å²) in [5.41, 5.74) is 0.750. The number of anilines is 1. The Kier molecular flexibility index (Phi) is 5.37. The van der Waals surface area contributed by atoms with E-state index < -0.39 is 11.2 Å². The highest BCUT2D eigenvalue weighted by atomic mass is 32.2. The van der Waals surface area contributed by atoms with Crippen molar-refractivity contribution in [3.05, 3.63) is 24.3 Å². The van der Waals surface area contributed by atoms with Gasteiger partial charge in [0.2, 0.25) is 5.91 Å². The maximum Gasteiger partial charge on any atom is 0.307 e. The predicted octanol–water partition coefficient (Wildman–Crippen LogP) is 0.891. The number of rotatable bonds is 4. The van der Waals surface area contributed by atoms with Gasteiger partial charge in [0.1, 0.15) is 0 Å². The average molecular weight is 350 g/mol. The first kappa shape index (κ1) is 16.8. The van der Waals surface area contributed by atoms with Gasteiger partial charge in [0.25, 0.3) is 5.91 Å². The Hall–Kier alpha value is -2.06. The van der Waals surface area contributed by atoms with E-state index in [2.05, 4.69) is 5.32 Å². The van der Waals surface area contributed by atoms with Gasteiger partial charge in [-0.15, -0.1) is 11.8 Å². The molecule has 128 valence electrons. The van der Waals surface area contributed by atoms with Crippen LogP contribution in [0.2, 0.25) is 0 Å². The molecule has 1 fully saturated rings. The molecule has 1 aromatic rings. The molecule has 0 bridgehead atoms. The number of carbonyl (C=O) groups excluding carboxylic acids is 3. The molecule has 24 heavy (non-hydrogen) atoms. The summed E-state index contributed by atoms with van der Waals surface area (Å²) in [6.45, 7) is 1.71. The number of benzene rings is 1. The number of para-hydroxylation sites is 1. The molecular formula is C16H18N2O5S. The zero-order chi connectivity index (χ0) is 16.9. The van der Waals surface area contributed by atoms with Crippen LogP contribution in [0.4, 0.5) is 5.69 Å². The topological polar surface area (TPSA) is 84.9 Å². The molecule has 3 rings (SSSR count). The van der Waals surface area contributed by atoms with Gasteiger partial charge in [-0.2, -0.15) is 0 Å². The van der Waals surface area contributed by atoms with E-state index in [-0.39, 0.29) is 24.8 Å². The summed E-state index contributed by atoms with van der Waals surface area (Å²) in [6.07, 6.45) is -0.0682. The van der Waals surface area contributed by atoms with E-state index in [1.807, 2.05) is 24.3 Å². The predicted molar refractivity (Wildman–Crippen MR) is 87.7 cm³/mol. The second-order valence-electron chi connectivity index (χ2n) is 5.45. The number of fused-ring (bicyclic) bond motifs is 1. The van der Waals surface area contributed by atoms with E-state index in [4.69, 9.17) is 9.47 Å². The van der Waals surface area contributed by atoms with E-state index >= 15 is 0 Å². The molecule has 2 aliphatic heterocycles. The Balaban J connectivity index is 1.48. The van der Waals surface area contributed by atoms with Gasteiger partial charge in [-0.05, 0) is 12.1 Å². The first-order valence-electron chi connectivity index (χ1n) is 7.71. The fourth-order valence-corrected chi connectivity index (χ4v) is 3.58. The van der Waals surface area contributed by atoms with Crippen molar-refractivity contribution in [1.29, 1.82) is 0 Å². The van der Waals surface area contributed by atoms with E-state index in [9.17, 15) is 14.4 Å². The smallest absolute Gasteiger partial charge is 0.307 e. The van der Waals surface area contributed by atoms with Crippen LogP contribution in [0, 0.1) is 0 Å². The lowest BCUT2D eigenvalue weighted by atomic mass is 10.2. The van der Waals surface area contributed by atoms with Crippen LogP contribution >= 0.6 is 11.8 Å². The van der Waals surface area contributed by atoms with Crippen molar-refractivity contribution in [1.82, 2.24) is 4.90 Å². The minimum absolute atomic E-state index is 0.0682. The van der Waals surface area contributed by atoms with Crippen LogP contribution in [0.25, 0.3) is 0 Å². The van der Waals surface area contributed by atoms with Crippen molar-refractivity contribution in [3.8, 4) is 0 Å². The average Bonchev–Trinajstić information content (AvgIpc) is 2.61. The molecule has 0 spiro atoms. The largest absolute Gasteiger partial charge is 0.456 e. The molecule has 0 aliphatic carbocycles. The molecule has 1 N–H and O–H groups in total. The maximum absolute atomic E-state index is 12.0. The third-order valence-electron chi connectivity index (χ3n) is 3.78. The Morgan fingerprint density at radius 2 is 2.04 bits per heavy atom. The number of nitrogens with zero attached hydrogens (tertiary/aromatic N) is 1. The Bertz CT molecular complexity index is 645. The highest BCUT2D eigenvalue weighted by molar-refractivity contribution is 8.01. The second-order valence-corrected chi connectivity index (χ2v) is 6.69. The molecule has 7 nitrogen and oxygen atoms in total. The van der Waals surface area contributed by atoms with Gasteiger partial charge in [-0.25, -0.2) is 0 Å². The number of ether oxygens (including phenoxy) is 2. The van der Waals surface area contributed by atoms with E-state index in [1.165, 1.54) is 11.8 Å². The van der Waals surface area contributed by atoms with Gasteiger partial charge < -0.3 is 19.7 Å². The fraction of sp³-hybridized carbons (Fsp3) is 0.438. The molecule has 1 aromatic carbocycles. The fourth-order valence-electron chi connectivity index (χ4n) is 2.48. The minimum Gasteiger partial charge on any atom is -0.456 e. The van der Waals surface area contributed by atoms with Gasteiger partial charge in [-0.1, -0.05) is 12.1 Å². The first-order valence-corrected chi connectivity index (χ1v) is 8.59. The van der Waals surface area contributed by atoms with Crippen molar-refractivity contribution in [2.45, 2.75) is 16.6 Å². The summed E-state index contributed by atoms with van der Waals surface area (Å²) in [5, 5.41) is 2.23. The maximum atomic E-state index is 12.0. The van der Waals surface area contributed by atoms with Gasteiger partial charge in [0.05, 0.1) is 30.6 Å². The summed E-state index contributed by atoms with van der Waals surface area (Å²) in [6, 6.07) is 7.42. The van der Waals surface area contributed by atoms with Crippen LogP contribution < -0.4 is 5.32 Å². The van der Waals surface area contributed by atoms with Crippen molar-refractivity contribution in [2.24, 2.45) is 0 Å². The number of nitrogens with one attached hydrogen (secondary N) is 1. The van der Waals surface area contributed by atoms with Gasteiger partial charge in [-0.3, -0.25) is 14.4 Å². The molecule has 0 radical (unpaired) electrons.